The summed E-state index contributed by atoms with van der Waals surface area (Å²) in [5.41, 5.74) is 0. The van der Waals surface area contributed by atoms with Crippen LogP contribution in [0, 0.1) is 0 Å². The van der Waals surface area contributed by atoms with Crippen molar-refractivity contribution >= 4 is 71.0 Å². The van der Waals surface area contributed by atoms with Crippen LogP contribution in [-0.4, -0.2) is 155 Å². The Morgan fingerprint density at radius 2 is 1.24 bits per heavy atom. The average Bonchev–Trinajstić information content (AvgIpc) is 3.26. The van der Waals surface area contributed by atoms with Gasteiger partial charge in [-0.2, -0.15) is 11.8 Å². The Morgan fingerprint density at radius 3 is 1.73 bits per heavy atom. The summed E-state index contributed by atoms with van der Waals surface area (Å²) in [5, 5.41) is 26.3. The van der Waals surface area contributed by atoms with Crippen molar-refractivity contribution in [2.45, 2.75) is 31.4 Å². The molecule has 0 aromatic rings. The molecule has 250 valence electrons. The molecule has 20 heteroatoms. The number of imide groups is 1. The van der Waals surface area contributed by atoms with Crippen LogP contribution in [0.3, 0.4) is 0 Å². The van der Waals surface area contributed by atoms with Gasteiger partial charge in [-0.15, -0.1) is 0 Å². The lowest BCUT2D eigenvalue weighted by Gasteiger charge is -2.20. The largest absolute Gasteiger partial charge is 0.480 e. The molecule has 1 fully saturated rings. The predicted molar refractivity (Wildman–Crippen MR) is 154 cm³/mol. The summed E-state index contributed by atoms with van der Waals surface area (Å²) < 4.78 is 0. The van der Waals surface area contributed by atoms with Crippen LogP contribution in [0.15, 0.2) is 0 Å². The number of carboxylic acid groups (broad SMARTS) is 2. The van der Waals surface area contributed by atoms with E-state index in [0.29, 0.717) is 4.90 Å². The molecule has 1 heterocycles. The maximum atomic E-state index is 12.5. The second-order valence-electron chi connectivity index (χ2n) is 9.47. The van der Waals surface area contributed by atoms with Crippen LogP contribution < -0.4 is 21.3 Å². The molecule has 1 atom stereocenters. The number of amides is 8. The van der Waals surface area contributed by atoms with Crippen molar-refractivity contribution in [3.63, 3.8) is 0 Å². The zero-order valence-corrected chi connectivity index (χ0v) is 25.6. The Balaban J connectivity index is 2.42. The molecule has 19 nitrogen and oxygen atoms in total. The fourth-order valence-electron chi connectivity index (χ4n) is 3.78. The number of carboxylic acids is 2. The zero-order valence-electron chi connectivity index (χ0n) is 24.8. The summed E-state index contributed by atoms with van der Waals surface area (Å²) in [4.78, 5) is 121. The van der Waals surface area contributed by atoms with Crippen molar-refractivity contribution in [1.29, 1.82) is 0 Å². The van der Waals surface area contributed by atoms with E-state index in [2.05, 4.69) is 21.3 Å². The van der Waals surface area contributed by atoms with Crippen LogP contribution in [0.4, 0.5) is 0 Å². The Labute approximate surface area is 261 Å². The van der Waals surface area contributed by atoms with Crippen molar-refractivity contribution in [1.82, 2.24) is 36.0 Å². The summed E-state index contributed by atoms with van der Waals surface area (Å²) in [6.07, 6.45) is 1.93. The van der Waals surface area contributed by atoms with E-state index in [1.807, 2.05) is 0 Å². The van der Waals surface area contributed by atoms with Gasteiger partial charge in [0.1, 0.15) is 19.6 Å². The van der Waals surface area contributed by atoms with Crippen LogP contribution in [-0.2, 0) is 47.9 Å². The van der Waals surface area contributed by atoms with E-state index in [0.717, 1.165) is 9.80 Å². The molecule has 0 radical (unpaired) electrons. The quantitative estimate of drug-likeness (QED) is 0.0675. The van der Waals surface area contributed by atoms with Crippen molar-refractivity contribution in [3.05, 3.63) is 0 Å². The second kappa shape index (κ2) is 19.5. The van der Waals surface area contributed by atoms with Crippen molar-refractivity contribution < 1.29 is 58.2 Å². The summed E-state index contributed by atoms with van der Waals surface area (Å²) in [7, 11) is 0. The van der Waals surface area contributed by atoms with Crippen LogP contribution in [0.1, 0.15) is 26.2 Å². The summed E-state index contributed by atoms with van der Waals surface area (Å²) in [5.74, 6) is -8.01. The Kier molecular flexibility index (Phi) is 16.6. The van der Waals surface area contributed by atoms with E-state index >= 15 is 0 Å². The highest BCUT2D eigenvalue weighted by Crippen LogP contribution is 2.23. The van der Waals surface area contributed by atoms with Gasteiger partial charge in [-0.1, -0.05) is 0 Å². The van der Waals surface area contributed by atoms with Gasteiger partial charge in [0.05, 0.1) is 31.4 Å². The highest BCUT2D eigenvalue weighted by molar-refractivity contribution is 8.00. The van der Waals surface area contributed by atoms with Gasteiger partial charge in [0.15, 0.2) is 0 Å². The Morgan fingerprint density at radius 1 is 0.756 bits per heavy atom. The average molecular weight is 660 g/mol. The number of nitrogens with zero attached hydrogens (tertiary/aromatic N) is 3. The lowest BCUT2D eigenvalue weighted by Crippen LogP contribution is -2.49. The maximum absolute atomic E-state index is 12.5. The molecule has 6 N–H and O–H groups in total. The van der Waals surface area contributed by atoms with E-state index in [9.17, 15) is 47.9 Å². The summed E-state index contributed by atoms with van der Waals surface area (Å²) in [6, 6.07) is 0. The number of aliphatic carboxylic acids is 2. The van der Waals surface area contributed by atoms with Crippen LogP contribution in [0.5, 0.6) is 0 Å². The van der Waals surface area contributed by atoms with E-state index < -0.39 is 98.4 Å². The summed E-state index contributed by atoms with van der Waals surface area (Å²) in [6.45, 7) is -2.95. The second-order valence-corrected chi connectivity index (χ2v) is 10.5. The third kappa shape index (κ3) is 14.5. The minimum absolute atomic E-state index is 0.0620. The smallest absolute Gasteiger partial charge is 0.323 e. The molecule has 0 aromatic carbocycles. The van der Waals surface area contributed by atoms with Crippen molar-refractivity contribution in [2.75, 3.05) is 65.2 Å². The molecule has 8 amide bonds. The number of carbonyl (C=O) groups excluding carboxylic acids is 8. The van der Waals surface area contributed by atoms with E-state index in [1.54, 1.807) is 13.2 Å². The molecule has 1 aliphatic heterocycles. The first-order chi connectivity index (χ1) is 21.2. The highest BCUT2D eigenvalue weighted by Gasteiger charge is 2.37. The molecule has 0 saturated carbocycles. The van der Waals surface area contributed by atoms with Crippen molar-refractivity contribution in [3.8, 4) is 0 Å². The third-order valence-electron chi connectivity index (χ3n) is 6.11. The molecule has 0 bridgehead atoms. The van der Waals surface area contributed by atoms with Crippen LogP contribution >= 0.6 is 11.8 Å². The molecule has 1 aliphatic rings. The van der Waals surface area contributed by atoms with Gasteiger partial charge in [0, 0.05) is 25.9 Å². The topological polar surface area (TPSA) is 269 Å². The fraction of sp³-hybridized carbons (Fsp3) is 0.600. The minimum Gasteiger partial charge on any atom is -0.480 e. The van der Waals surface area contributed by atoms with Gasteiger partial charge >= 0.3 is 11.9 Å². The lowest BCUT2D eigenvalue weighted by molar-refractivity contribution is -0.146. The standard InChI is InChI=1S/C25H37N7O12S/c1-3-30(13-23(40)41)21(38)10-28-18(35)9-27-19(36)12-31(14-24(42)43)22(39)11-29-17(34)8-26-16(33)5-4-6-32-20(37)7-15(45-2)25(32)44/h15H,3-14H2,1-2H3,(H,26,33)(H,27,36)(H,28,35)(H,29,34)(H,40,41)(H,42,43). The number of carbonyl (C=O) groups is 10. The molecule has 0 aliphatic carbocycles. The van der Waals surface area contributed by atoms with Gasteiger partial charge in [0.25, 0.3) is 0 Å². The first-order valence-corrected chi connectivity index (χ1v) is 14.9. The van der Waals surface area contributed by atoms with Gasteiger partial charge in [0.2, 0.25) is 47.3 Å². The molecule has 1 saturated heterocycles. The number of hydrogen-bond acceptors (Lipinski definition) is 11. The predicted octanol–water partition coefficient (Wildman–Crippen LogP) is -4.43. The van der Waals surface area contributed by atoms with Crippen LogP contribution in [0.2, 0.25) is 0 Å². The van der Waals surface area contributed by atoms with E-state index in [-0.39, 0.29) is 44.2 Å². The van der Waals surface area contributed by atoms with Gasteiger partial charge < -0.3 is 41.3 Å². The van der Waals surface area contributed by atoms with E-state index in [4.69, 9.17) is 10.2 Å². The maximum Gasteiger partial charge on any atom is 0.323 e. The van der Waals surface area contributed by atoms with E-state index in [1.165, 1.54) is 11.8 Å². The normalized spacial score (nSPS) is 13.9. The first kappa shape index (κ1) is 38.3. The monoisotopic (exact) mass is 659 g/mol. The number of likely N-dealkylation sites (N-methyl/N-ethyl adjacent to an activating group) is 1. The lowest BCUT2D eigenvalue weighted by atomic mass is 10.2. The summed E-state index contributed by atoms with van der Waals surface area (Å²) >= 11 is 1.27. The molecule has 0 aromatic heterocycles. The molecule has 1 unspecified atom stereocenters. The highest BCUT2D eigenvalue weighted by atomic mass is 32.2. The number of likely N-dealkylation sites (tertiary alicyclic amines) is 1. The first-order valence-electron chi connectivity index (χ1n) is 13.6. The zero-order chi connectivity index (χ0) is 34.1. The molecular formula is C25H37N7O12S. The molecule has 0 spiro atoms. The SMILES string of the molecule is CCN(CC(=O)O)C(=O)CNC(=O)CNC(=O)CN(CC(=O)O)C(=O)CNC(=O)CNC(=O)CCCN1C(=O)CC(SC)C1=O. The number of thioether (sulfide) groups is 1. The van der Waals surface area contributed by atoms with Crippen molar-refractivity contribution in [2.24, 2.45) is 0 Å². The third-order valence-corrected chi connectivity index (χ3v) is 7.05. The Bertz CT molecular complexity index is 1180. The Hall–Kier alpha value is -4.75. The van der Waals surface area contributed by atoms with Crippen LogP contribution in [0.25, 0.3) is 0 Å². The number of hydrogen-bond donors (Lipinski definition) is 6. The number of nitrogens with one attached hydrogen (secondary N) is 4. The number of rotatable bonds is 20. The van der Waals surface area contributed by atoms with Gasteiger partial charge in [-0.25, -0.2) is 0 Å². The van der Waals surface area contributed by atoms with Gasteiger partial charge in [-0.3, -0.25) is 52.8 Å². The molecular weight excluding hydrogens is 622 g/mol. The molecule has 1 rings (SSSR count). The molecule has 45 heavy (non-hydrogen) atoms. The fourth-order valence-corrected chi connectivity index (χ4v) is 4.42. The minimum atomic E-state index is -1.46. The van der Waals surface area contributed by atoms with Gasteiger partial charge in [-0.05, 0) is 19.6 Å².